The molecule has 0 saturated carbocycles. The molecular formula is C19H20N6O3S. The second kappa shape index (κ2) is 8.25. The summed E-state index contributed by atoms with van der Waals surface area (Å²) in [7, 11) is -3.81. The largest absolute Gasteiger partial charge is 0.393 e. The molecule has 0 unspecified atom stereocenters. The number of anilines is 4. The van der Waals surface area contributed by atoms with Gasteiger partial charge in [0.15, 0.2) is 17.4 Å². The van der Waals surface area contributed by atoms with E-state index in [0.717, 1.165) is 5.56 Å². The van der Waals surface area contributed by atoms with Crippen molar-refractivity contribution in [3.8, 4) is 0 Å². The molecule has 0 bridgehead atoms. The summed E-state index contributed by atoms with van der Waals surface area (Å²) in [6, 6.07) is 13.2. The molecule has 0 radical (unpaired) electrons. The number of aryl methyl sites for hydroxylation is 1. The Morgan fingerprint density at radius 2 is 1.72 bits per heavy atom. The lowest BCUT2D eigenvalue weighted by Gasteiger charge is -2.14. The van der Waals surface area contributed by atoms with Crippen LogP contribution < -0.4 is 21.3 Å². The molecule has 0 saturated heterocycles. The molecule has 0 spiro atoms. The number of hydrogen-bond acceptors (Lipinski definition) is 8. The van der Waals surface area contributed by atoms with E-state index in [9.17, 15) is 13.2 Å². The third-order valence-electron chi connectivity index (χ3n) is 4.05. The third-order valence-corrected chi connectivity index (χ3v) is 5.31. The fourth-order valence-corrected chi connectivity index (χ4v) is 3.28. The fraction of sp³-hybridized carbons (Fsp3) is 0.105. The first kappa shape index (κ1) is 20.2. The van der Waals surface area contributed by atoms with E-state index < -0.39 is 10.0 Å². The molecule has 150 valence electrons. The van der Waals surface area contributed by atoms with Gasteiger partial charge in [0, 0.05) is 11.3 Å². The van der Waals surface area contributed by atoms with Crippen molar-refractivity contribution >= 4 is 38.8 Å². The van der Waals surface area contributed by atoms with E-state index in [-0.39, 0.29) is 28.0 Å². The molecule has 3 aromatic rings. The van der Waals surface area contributed by atoms with Gasteiger partial charge in [-0.1, -0.05) is 29.8 Å². The number of rotatable bonds is 7. The van der Waals surface area contributed by atoms with Gasteiger partial charge in [-0.25, -0.2) is 18.4 Å². The molecule has 3 rings (SSSR count). The highest BCUT2D eigenvalue weighted by Gasteiger charge is 2.15. The summed E-state index contributed by atoms with van der Waals surface area (Å²) in [6.45, 7) is 3.34. The van der Waals surface area contributed by atoms with Crippen LogP contribution in [0, 0.1) is 6.92 Å². The van der Waals surface area contributed by atoms with Gasteiger partial charge in [-0.3, -0.25) is 10.2 Å². The van der Waals surface area contributed by atoms with Crippen molar-refractivity contribution < 1.29 is 13.2 Å². The van der Waals surface area contributed by atoms with Gasteiger partial charge < -0.3 is 11.1 Å². The Hall–Kier alpha value is -3.50. The van der Waals surface area contributed by atoms with Gasteiger partial charge in [0.2, 0.25) is 0 Å². The van der Waals surface area contributed by atoms with Crippen molar-refractivity contribution in [1.82, 2.24) is 14.8 Å². The van der Waals surface area contributed by atoms with Crippen molar-refractivity contribution in [3.05, 3.63) is 66.0 Å². The monoisotopic (exact) mass is 412 g/mol. The second-order valence-corrected chi connectivity index (χ2v) is 7.97. The molecule has 0 aliphatic rings. The first-order valence-electron chi connectivity index (χ1n) is 8.59. The zero-order valence-electron chi connectivity index (χ0n) is 15.8. The highest BCUT2D eigenvalue weighted by molar-refractivity contribution is 7.89. The summed E-state index contributed by atoms with van der Waals surface area (Å²) in [5, 5.41) is 3.00. The molecule has 10 heteroatoms. The number of carbonyl (C=O) groups is 1. The number of nitrogens with one attached hydrogen (secondary N) is 3. The Balaban J connectivity index is 1.77. The quantitative estimate of drug-likeness (QED) is 0.343. The highest BCUT2D eigenvalue weighted by atomic mass is 32.2. The lowest BCUT2D eigenvalue weighted by Crippen LogP contribution is -2.30. The second-order valence-electron chi connectivity index (χ2n) is 6.29. The zero-order chi connectivity index (χ0) is 21.0. The zero-order valence-corrected chi connectivity index (χ0v) is 16.6. The van der Waals surface area contributed by atoms with Gasteiger partial charge in [0.1, 0.15) is 12.0 Å². The molecule has 2 aromatic carbocycles. The average molecular weight is 412 g/mol. The summed E-state index contributed by atoms with van der Waals surface area (Å²) >= 11 is 0. The van der Waals surface area contributed by atoms with Crippen molar-refractivity contribution in [2.24, 2.45) is 0 Å². The molecule has 1 aromatic heterocycles. The number of nitrogens with zero attached hydrogens (tertiary/aromatic N) is 2. The van der Waals surface area contributed by atoms with Gasteiger partial charge in [0.25, 0.3) is 10.0 Å². The van der Waals surface area contributed by atoms with Gasteiger partial charge in [0.05, 0.1) is 4.90 Å². The maximum absolute atomic E-state index is 12.4. The number of benzene rings is 2. The van der Waals surface area contributed by atoms with E-state index >= 15 is 0 Å². The van der Waals surface area contributed by atoms with E-state index in [0.29, 0.717) is 11.3 Å². The summed E-state index contributed by atoms with van der Waals surface area (Å²) in [5.74, 6) is 0.274. The predicted octanol–water partition coefficient (Wildman–Crippen LogP) is 2.62. The van der Waals surface area contributed by atoms with E-state index in [2.05, 4.69) is 25.5 Å². The Morgan fingerprint density at radius 3 is 2.41 bits per heavy atom. The van der Waals surface area contributed by atoms with Crippen LogP contribution in [-0.4, -0.2) is 24.2 Å². The first-order valence-corrected chi connectivity index (χ1v) is 10.1. The Labute approximate surface area is 168 Å². The number of hydrogen-bond donors (Lipinski definition) is 4. The number of nitrogens with two attached hydrogens (primary N) is 1. The lowest BCUT2D eigenvalue weighted by molar-refractivity contribution is 0.101. The number of carbonyl (C=O) groups excluding carboxylic acids is 1. The van der Waals surface area contributed by atoms with Gasteiger partial charge in [-0.2, -0.15) is 0 Å². The molecule has 1 heterocycles. The molecule has 0 atom stereocenters. The molecule has 0 amide bonds. The normalized spacial score (nSPS) is 11.1. The van der Waals surface area contributed by atoms with Crippen LogP contribution in [0.15, 0.2) is 59.8 Å². The van der Waals surface area contributed by atoms with Crippen molar-refractivity contribution in [2.75, 3.05) is 16.5 Å². The summed E-state index contributed by atoms with van der Waals surface area (Å²) in [4.78, 5) is 21.9. The molecule has 5 N–H and O–H groups in total. The minimum Gasteiger partial charge on any atom is -0.393 e. The van der Waals surface area contributed by atoms with Crippen molar-refractivity contribution in [1.29, 1.82) is 0 Å². The van der Waals surface area contributed by atoms with Crippen LogP contribution in [0.2, 0.25) is 0 Å². The number of ketones is 1. The van der Waals surface area contributed by atoms with Crippen LogP contribution >= 0.6 is 0 Å². The summed E-state index contributed by atoms with van der Waals surface area (Å²) in [5.41, 5.74) is 10.8. The van der Waals surface area contributed by atoms with Crippen molar-refractivity contribution in [2.45, 2.75) is 18.7 Å². The third kappa shape index (κ3) is 4.86. The molecule has 9 nitrogen and oxygen atoms in total. The molecule has 0 aliphatic heterocycles. The number of sulfonamides is 1. The molecule has 0 fully saturated rings. The van der Waals surface area contributed by atoms with Crippen molar-refractivity contribution in [3.63, 3.8) is 0 Å². The summed E-state index contributed by atoms with van der Waals surface area (Å²) in [6.07, 6.45) is 1.23. The van der Waals surface area contributed by atoms with E-state index in [1.165, 1.54) is 25.4 Å². The number of hydrazine groups is 1. The maximum atomic E-state index is 12.4. The van der Waals surface area contributed by atoms with E-state index in [1.807, 2.05) is 6.92 Å². The Bertz CT molecular complexity index is 1150. The SMILES string of the molecule is CC(=O)c1cccc(Nc2ncnc(NNS(=O)(=O)c3ccc(C)cc3)c2N)c1. The number of nitrogen functional groups attached to an aromatic ring is 1. The number of aromatic nitrogens is 2. The topological polar surface area (TPSA) is 139 Å². The highest BCUT2D eigenvalue weighted by Crippen LogP contribution is 2.26. The summed E-state index contributed by atoms with van der Waals surface area (Å²) < 4.78 is 24.8. The van der Waals surface area contributed by atoms with Crippen LogP contribution in [0.1, 0.15) is 22.8 Å². The standard InChI is InChI=1S/C19H20N6O3S/c1-12-6-8-16(9-7-12)29(27,28)25-24-19-17(20)18(21-11-22-19)23-15-5-3-4-14(10-15)13(2)26/h3-11,25H,20H2,1-2H3,(H2,21,22,23,24). The Morgan fingerprint density at radius 1 is 1.03 bits per heavy atom. The van der Waals surface area contributed by atoms with Gasteiger partial charge >= 0.3 is 0 Å². The molecular weight excluding hydrogens is 392 g/mol. The van der Waals surface area contributed by atoms with Crippen LogP contribution in [0.5, 0.6) is 0 Å². The van der Waals surface area contributed by atoms with Crippen LogP contribution in [-0.2, 0) is 10.0 Å². The van der Waals surface area contributed by atoms with Crippen LogP contribution in [0.25, 0.3) is 0 Å². The van der Waals surface area contributed by atoms with E-state index in [1.54, 1.807) is 36.4 Å². The predicted molar refractivity (Wildman–Crippen MR) is 111 cm³/mol. The van der Waals surface area contributed by atoms with E-state index in [4.69, 9.17) is 5.73 Å². The Kier molecular flexibility index (Phi) is 5.76. The average Bonchev–Trinajstić information content (AvgIpc) is 2.69. The first-order chi connectivity index (χ1) is 13.8. The minimum atomic E-state index is -3.81. The lowest BCUT2D eigenvalue weighted by atomic mass is 10.1. The van der Waals surface area contributed by atoms with Crippen LogP contribution in [0.4, 0.5) is 23.0 Å². The fourth-order valence-electron chi connectivity index (χ4n) is 2.44. The van der Waals surface area contributed by atoms with Crippen LogP contribution in [0.3, 0.4) is 0 Å². The van der Waals surface area contributed by atoms with Gasteiger partial charge in [-0.15, -0.1) is 4.83 Å². The van der Waals surface area contributed by atoms with Gasteiger partial charge in [-0.05, 0) is 38.1 Å². The molecule has 0 aliphatic carbocycles. The molecule has 29 heavy (non-hydrogen) atoms. The maximum Gasteiger partial charge on any atom is 0.257 e. The number of Topliss-reactive ketones (excluding diaryl/α,β-unsaturated/α-hetero) is 1. The minimum absolute atomic E-state index is 0.0721. The smallest absolute Gasteiger partial charge is 0.257 e.